The molecule has 4 rings (SSSR count). The molecule has 0 fully saturated rings. The maximum atomic E-state index is 10.4. The Labute approximate surface area is 146 Å². The minimum atomic E-state index is -0.165. The molecule has 4 aromatic rings. The molecule has 124 valence electrons. The molecule has 0 amide bonds. The first kappa shape index (κ1) is 15.4. The topological polar surface area (TPSA) is 61.8 Å². The van der Waals surface area contributed by atoms with Gasteiger partial charge in [-0.2, -0.15) is 15.4 Å². The predicted octanol–water partition coefficient (Wildman–Crippen LogP) is 4.66. The molecule has 25 heavy (non-hydrogen) atoms. The van der Waals surface area contributed by atoms with Crippen LogP contribution in [0.1, 0.15) is 25.0 Å². The maximum Gasteiger partial charge on any atom is 0.123 e. The number of phenols is 1. The van der Waals surface area contributed by atoms with Crippen LogP contribution in [-0.4, -0.2) is 20.5 Å². The molecule has 0 bridgehead atoms. The zero-order valence-corrected chi connectivity index (χ0v) is 14.2. The van der Waals surface area contributed by atoms with Crippen LogP contribution in [0.4, 0.5) is 0 Å². The summed E-state index contributed by atoms with van der Waals surface area (Å²) < 4.78 is 0. The minimum absolute atomic E-state index is 0.165. The number of nitrogens with zero attached hydrogens (tertiary/aromatic N) is 2. The Morgan fingerprint density at radius 2 is 1.56 bits per heavy atom. The van der Waals surface area contributed by atoms with Gasteiger partial charge in [0.05, 0.1) is 0 Å². The molecule has 0 saturated heterocycles. The fourth-order valence-electron chi connectivity index (χ4n) is 3.19. The molecular formula is C21H19N3O. The number of hydrogen-bond donors (Lipinski definition) is 2. The van der Waals surface area contributed by atoms with Crippen molar-refractivity contribution in [3.63, 3.8) is 0 Å². The van der Waals surface area contributed by atoms with Gasteiger partial charge in [-0.05, 0) is 41.0 Å². The number of aromatic nitrogens is 3. The summed E-state index contributed by atoms with van der Waals surface area (Å²) in [5.41, 5.74) is 5.52. The molecule has 0 aliphatic rings. The zero-order chi connectivity index (χ0) is 17.4. The molecule has 0 aliphatic carbocycles. The third-order valence-electron chi connectivity index (χ3n) is 4.84. The van der Waals surface area contributed by atoms with Gasteiger partial charge in [0.2, 0.25) is 0 Å². The number of rotatable bonds is 3. The summed E-state index contributed by atoms with van der Waals surface area (Å²) >= 11 is 0. The summed E-state index contributed by atoms with van der Waals surface area (Å²) in [6.45, 7) is 4.39. The molecule has 1 heterocycles. The van der Waals surface area contributed by atoms with Crippen molar-refractivity contribution in [2.75, 3.05) is 0 Å². The number of H-pyrrole nitrogens is 1. The fraction of sp³-hybridized carbons (Fsp3) is 0.143. The lowest BCUT2D eigenvalue weighted by Gasteiger charge is -2.27. The van der Waals surface area contributed by atoms with Gasteiger partial charge in [0.25, 0.3) is 0 Å². The van der Waals surface area contributed by atoms with Crippen molar-refractivity contribution in [1.82, 2.24) is 15.4 Å². The lowest BCUT2D eigenvalue weighted by Crippen LogP contribution is -2.18. The van der Waals surface area contributed by atoms with E-state index in [9.17, 15) is 5.11 Å². The van der Waals surface area contributed by atoms with Gasteiger partial charge in [0.1, 0.15) is 16.8 Å². The number of hydrogen-bond acceptors (Lipinski definition) is 3. The Balaban J connectivity index is 1.83. The second-order valence-corrected chi connectivity index (χ2v) is 6.75. The zero-order valence-electron chi connectivity index (χ0n) is 14.2. The van der Waals surface area contributed by atoms with E-state index in [1.807, 2.05) is 30.3 Å². The van der Waals surface area contributed by atoms with E-state index in [4.69, 9.17) is 0 Å². The molecule has 3 aromatic carbocycles. The normalized spacial score (nSPS) is 11.8. The van der Waals surface area contributed by atoms with Crippen LogP contribution >= 0.6 is 0 Å². The van der Waals surface area contributed by atoms with Gasteiger partial charge in [-0.25, -0.2) is 0 Å². The lowest BCUT2D eigenvalue weighted by molar-refractivity contribution is 0.476. The molecule has 0 aliphatic heterocycles. The third-order valence-corrected chi connectivity index (χ3v) is 4.84. The highest BCUT2D eigenvalue weighted by Gasteiger charge is 2.24. The van der Waals surface area contributed by atoms with Crippen LogP contribution in [0, 0.1) is 0 Å². The fourth-order valence-corrected chi connectivity index (χ4v) is 3.19. The number of aromatic amines is 1. The van der Waals surface area contributed by atoms with E-state index >= 15 is 0 Å². The van der Waals surface area contributed by atoms with Crippen LogP contribution in [-0.2, 0) is 5.41 Å². The monoisotopic (exact) mass is 329 g/mol. The van der Waals surface area contributed by atoms with E-state index in [-0.39, 0.29) is 11.2 Å². The van der Waals surface area contributed by atoms with Crippen molar-refractivity contribution in [2.45, 2.75) is 19.3 Å². The van der Waals surface area contributed by atoms with Crippen molar-refractivity contribution in [2.24, 2.45) is 0 Å². The van der Waals surface area contributed by atoms with Crippen LogP contribution in [0.15, 0.2) is 66.7 Å². The van der Waals surface area contributed by atoms with Gasteiger partial charge in [-0.3, -0.25) is 0 Å². The van der Waals surface area contributed by atoms with Crippen molar-refractivity contribution in [1.29, 1.82) is 0 Å². The van der Waals surface area contributed by atoms with Crippen LogP contribution in [0.2, 0.25) is 0 Å². The second-order valence-electron chi connectivity index (χ2n) is 6.75. The van der Waals surface area contributed by atoms with Crippen LogP contribution in [0.3, 0.4) is 0 Å². The first-order valence-corrected chi connectivity index (χ1v) is 8.25. The van der Waals surface area contributed by atoms with E-state index in [0.29, 0.717) is 0 Å². The smallest absolute Gasteiger partial charge is 0.123 e. The van der Waals surface area contributed by atoms with E-state index in [0.717, 1.165) is 27.7 Å². The van der Waals surface area contributed by atoms with E-state index < -0.39 is 0 Å². The Hall–Kier alpha value is -3.14. The Bertz CT molecular complexity index is 1040. The molecule has 0 atom stereocenters. The summed E-state index contributed by atoms with van der Waals surface area (Å²) in [6, 6.07) is 22.0. The quantitative estimate of drug-likeness (QED) is 0.575. The highest BCUT2D eigenvalue weighted by molar-refractivity contribution is 5.83. The minimum Gasteiger partial charge on any atom is -0.507 e. The van der Waals surface area contributed by atoms with Crippen molar-refractivity contribution >= 4 is 11.0 Å². The predicted molar refractivity (Wildman–Crippen MR) is 99.6 cm³/mol. The van der Waals surface area contributed by atoms with Crippen LogP contribution < -0.4 is 0 Å². The number of fused-ring (bicyclic) bond motifs is 1. The molecule has 0 radical (unpaired) electrons. The van der Waals surface area contributed by atoms with Crippen LogP contribution in [0.5, 0.6) is 5.75 Å². The van der Waals surface area contributed by atoms with Crippen LogP contribution in [0.25, 0.3) is 22.2 Å². The summed E-state index contributed by atoms with van der Waals surface area (Å²) in [4.78, 5) is 0. The highest BCUT2D eigenvalue weighted by Crippen LogP contribution is 2.37. The first-order chi connectivity index (χ1) is 12.1. The molecule has 0 spiro atoms. The van der Waals surface area contributed by atoms with Gasteiger partial charge in [0.15, 0.2) is 0 Å². The standard InChI is InChI=1S/C21H19N3O/c1-21(2,15-6-4-3-5-7-15)16-9-11-20(25)17(13-16)14-8-10-18-19(12-14)23-24-22-18/h3-13,25H,1-2H3,(H,22,23,24). The van der Waals surface area contributed by atoms with Crippen molar-refractivity contribution in [3.05, 3.63) is 77.9 Å². The van der Waals surface area contributed by atoms with Gasteiger partial charge in [-0.15, -0.1) is 0 Å². The van der Waals surface area contributed by atoms with Crippen molar-refractivity contribution in [3.8, 4) is 16.9 Å². The average Bonchev–Trinajstić information content (AvgIpc) is 3.10. The van der Waals surface area contributed by atoms with E-state index in [1.165, 1.54) is 5.56 Å². The highest BCUT2D eigenvalue weighted by atomic mass is 16.3. The summed E-state index contributed by atoms with van der Waals surface area (Å²) in [7, 11) is 0. The molecular weight excluding hydrogens is 310 g/mol. The Morgan fingerprint density at radius 3 is 2.36 bits per heavy atom. The summed E-state index contributed by atoms with van der Waals surface area (Å²) in [5.74, 6) is 0.260. The molecule has 0 saturated carbocycles. The largest absolute Gasteiger partial charge is 0.507 e. The number of phenolic OH excluding ortho intramolecular Hbond substituents is 1. The van der Waals surface area contributed by atoms with Gasteiger partial charge < -0.3 is 5.11 Å². The Morgan fingerprint density at radius 1 is 0.800 bits per heavy atom. The lowest BCUT2D eigenvalue weighted by atomic mass is 9.77. The molecule has 2 N–H and O–H groups in total. The third kappa shape index (κ3) is 2.66. The molecule has 4 nitrogen and oxygen atoms in total. The summed E-state index contributed by atoms with van der Waals surface area (Å²) in [5, 5.41) is 21.2. The van der Waals surface area contributed by atoms with Gasteiger partial charge in [-0.1, -0.05) is 56.3 Å². The SMILES string of the molecule is CC(C)(c1ccccc1)c1ccc(O)c(-c2ccc3n[nH]nc3c2)c1. The molecule has 0 unspecified atom stereocenters. The van der Waals surface area contributed by atoms with E-state index in [1.54, 1.807) is 6.07 Å². The number of benzene rings is 3. The number of aromatic hydroxyl groups is 1. The molecule has 1 aromatic heterocycles. The first-order valence-electron chi connectivity index (χ1n) is 8.25. The van der Waals surface area contributed by atoms with Crippen molar-refractivity contribution < 1.29 is 5.11 Å². The Kier molecular flexibility index (Phi) is 3.53. The van der Waals surface area contributed by atoms with Gasteiger partial charge >= 0.3 is 0 Å². The maximum absolute atomic E-state index is 10.4. The second kappa shape index (κ2) is 5.74. The average molecular weight is 329 g/mol. The van der Waals surface area contributed by atoms with E-state index in [2.05, 4.69) is 59.6 Å². The van der Waals surface area contributed by atoms with Gasteiger partial charge in [0, 0.05) is 11.0 Å². The summed E-state index contributed by atoms with van der Waals surface area (Å²) in [6.07, 6.45) is 0. The molecule has 4 heteroatoms. The number of nitrogens with one attached hydrogen (secondary N) is 1.